The summed E-state index contributed by atoms with van der Waals surface area (Å²) in [6, 6.07) is 2.81. The van der Waals surface area contributed by atoms with Gasteiger partial charge in [0, 0.05) is 44.0 Å². The standard InChI is InChI=1S/C19H26N4O3/c1-12(2)8-17-19(26)22-10-15(21-13(3)24)9-16(22)11-23(17)18(25)14-4-6-20-7-5-14/h4-7,12,15-17H,8-11H2,1-3H3,(H,21,24)/t15-,16-,17-/m0/s1. The minimum absolute atomic E-state index is 0.00907. The zero-order chi connectivity index (χ0) is 18.8. The van der Waals surface area contributed by atoms with Crippen LogP contribution in [0.5, 0.6) is 0 Å². The van der Waals surface area contributed by atoms with E-state index in [0.717, 1.165) is 0 Å². The molecule has 3 amide bonds. The molecule has 1 aromatic rings. The maximum atomic E-state index is 13.1. The molecule has 7 nitrogen and oxygen atoms in total. The minimum Gasteiger partial charge on any atom is -0.352 e. The molecule has 3 atom stereocenters. The number of hydrogen-bond acceptors (Lipinski definition) is 4. The minimum atomic E-state index is -0.456. The second-order valence-electron chi connectivity index (χ2n) is 7.62. The zero-order valence-electron chi connectivity index (χ0n) is 15.5. The summed E-state index contributed by atoms with van der Waals surface area (Å²) in [6.07, 6.45) is 4.49. The second kappa shape index (κ2) is 7.43. The van der Waals surface area contributed by atoms with Crippen molar-refractivity contribution in [1.82, 2.24) is 20.1 Å². The number of nitrogens with zero attached hydrogens (tertiary/aromatic N) is 3. The van der Waals surface area contributed by atoms with Crippen molar-refractivity contribution in [1.29, 1.82) is 0 Å². The van der Waals surface area contributed by atoms with E-state index in [4.69, 9.17) is 0 Å². The number of aromatic nitrogens is 1. The van der Waals surface area contributed by atoms with E-state index in [-0.39, 0.29) is 29.8 Å². The molecule has 2 fully saturated rings. The van der Waals surface area contributed by atoms with E-state index in [1.54, 1.807) is 29.4 Å². The molecule has 0 radical (unpaired) electrons. The van der Waals surface area contributed by atoms with Crippen molar-refractivity contribution in [3.63, 3.8) is 0 Å². The number of carbonyl (C=O) groups is 3. The lowest BCUT2D eigenvalue weighted by atomic mass is 9.96. The van der Waals surface area contributed by atoms with E-state index in [1.165, 1.54) is 6.92 Å². The first kappa shape index (κ1) is 18.4. The quantitative estimate of drug-likeness (QED) is 0.872. The molecule has 3 rings (SSSR count). The average Bonchev–Trinajstić information content (AvgIpc) is 2.99. The van der Waals surface area contributed by atoms with Gasteiger partial charge in [0.25, 0.3) is 5.91 Å². The van der Waals surface area contributed by atoms with Crippen LogP contribution in [-0.2, 0) is 9.59 Å². The van der Waals surface area contributed by atoms with E-state index in [9.17, 15) is 14.4 Å². The van der Waals surface area contributed by atoms with E-state index >= 15 is 0 Å². The molecule has 0 unspecified atom stereocenters. The molecule has 0 saturated carbocycles. The Morgan fingerprint density at radius 1 is 1.27 bits per heavy atom. The van der Waals surface area contributed by atoms with Crippen molar-refractivity contribution < 1.29 is 14.4 Å². The molecule has 0 bridgehead atoms. The smallest absolute Gasteiger partial charge is 0.254 e. The molecule has 1 aromatic heterocycles. The summed E-state index contributed by atoms with van der Waals surface area (Å²) >= 11 is 0. The van der Waals surface area contributed by atoms with Gasteiger partial charge in [0.05, 0.1) is 6.04 Å². The lowest BCUT2D eigenvalue weighted by molar-refractivity contribution is -0.142. The molecule has 2 aliphatic heterocycles. The number of hydrogen-bond donors (Lipinski definition) is 1. The number of piperazine rings is 1. The SMILES string of the molecule is CC(=O)N[C@H]1C[C@H]2CN(C(=O)c3ccncc3)[C@@H](CC(C)C)C(=O)N2C1. The van der Waals surface area contributed by atoms with Crippen LogP contribution < -0.4 is 5.32 Å². The van der Waals surface area contributed by atoms with Gasteiger partial charge in [-0.25, -0.2) is 0 Å². The van der Waals surface area contributed by atoms with Gasteiger partial charge in [0.2, 0.25) is 11.8 Å². The maximum absolute atomic E-state index is 13.1. The molecule has 140 valence electrons. The van der Waals surface area contributed by atoms with Crippen LogP contribution in [0.4, 0.5) is 0 Å². The molecule has 1 N–H and O–H groups in total. The maximum Gasteiger partial charge on any atom is 0.254 e. The van der Waals surface area contributed by atoms with Crippen LogP contribution in [-0.4, -0.2) is 63.7 Å². The van der Waals surface area contributed by atoms with E-state index in [0.29, 0.717) is 37.4 Å². The Labute approximate surface area is 153 Å². The third-order valence-electron chi connectivity index (χ3n) is 5.06. The predicted octanol–water partition coefficient (Wildman–Crippen LogP) is 1.06. The molecule has 3 heterocycles. The average molecular weight is 358 g/mol. The lowest BCUT2D eigenvalue weighted by Crippen LogP contribution is -2.61. The van der Waals surface area contributed by atoms with Gasteiger partial charge in [0.15, 0.2) is 0 Å². The summed E-state index contributed by atoms with van der Waals surface area (Å²) < 4.78 is 0. The Hall–Kier alpha value is -2.44. The molecular weight excluding hydrogens is 332 g/mol. The highest BCUT2D eigenvalue weighted by Crippen LogP contribution is 2.30. The van der Waals surface area contributed by atoms with E-state index in [2.05, 4.69) is 24.1 Å². The lowest BCUT2D eigenvalue weighted by Gasteiger charge is -2.43. The first-order chi connectivity index (χ1) is 12.4. The van der Waals surface area contributed by atoms with Gasteiger partial charge in [-0.1, -0.05) is 13.8 Å². The zero-order valence-corrected chi connectivity index (χ0v) is 15.5. The van der Waals surface area contributed by atoms with Crippen LogP contribution in [0.25, 0.3) is 0 Å². The summed E-state index contributed by atoms with van der Waals surface area (Å²) in [6.45, 7) is 6.62. The van der Waals surface area contributed by atoms with Gasteiger partial charge in [-0.15, -0.1) is 0 Å². The van der Waals surface area contributed by atoms with Crippen LogP contribution in [0.2, 0.25) is 0 Å². The molecule has 2 saturated heterocycles. The number of pyridine rings is 1. The fourth-order valence-electron chi connectivity index (χ4n) is 3.99. The summed E-state index contributed by atoms with van der Waals surface area (Å²) in [5, 5.41) is 2.91. The van der Waals surface area contributed by atoms with Crippen molar-refractivity contribution in [2.24, 2.45) is 5.92 Å². The van der Waals surface area contributed by atoms with Gasteiger partial charge >= 0.3 is 0 Å². The second-order valence-corrected chi connectivity index (χ2v) is 7.62. The Morgan fingerprint density at radius 3 is 2.58 bits per heavy atom. The highest BCUT2D eigenvalue weighted by atomic mass is 16.2. The molecule has 0 spiro atoms. The van der Waals surface area contributed by atoms with Gasteiger partial charge in [-0.2, -0.15) is 0 Å². The Kier molecular flexibility index (Phi) is 5.25. The number of carbonyl (C=O) groups excluding carboxylic acids is 3. The van der Waals surface area contributed by atoms with Crippen molar-refractivity contribution in [3.8, 4) is 0 Å². The van der Waals surface area contributed by atoms with Crippen LogP contribution >= 0.6 is 0 Å². The summed E-state index contributed by atoms with van der Waals surface area (Å²) in [4.78, 5) is 45.1. The van der Waals surface area contributed by atoms with Gasteiger partial charge < -0.3 is 15.1 Å². The van der Waals surface area contributed by atoms with Crippen LogP contribution in [0.15, 0.2) is 24.5 Å². The molecule has 0 aromatic carbocycles. The molecular formula is C19H26N4O3. The van der Waals surface area contributed by atoms with Gasteiger partial charge in [-0.3, -0.25) is 19.4 Å². The molecule has 2 aliphatic rings. The molecule has 7 heteroatoms. The van der Waals surface area contributed by atoms with Crippen LogP contribution in [0.3, 0.4) is 0 Å². The Morgan fingerprint density at radius 2 is 1.96 bits per heavy atom. The highest BCUT2D eigenvalue weighted by Gasteiger charge is 2.47. The first-order valence-corrected chi connectivity index (χ1v) is 9.15. The Bertz CT molecular complexity index is 691. The van der Waals surface area contributed by atoms with E-state index in [1.807, 2.05) is 4.90 Å². The first-order valence-electron chi connectivity index (χ1n) is 9.15. The summed E-state index contributed by atoms with van der Waals surface area (Å²) in [7, 11) is 0. The van der Waals surface area contributed by atoms with Crippen molar-refractivity contribution >= 4 is 17.7 Å². The van der Waals surface area contributed by atoms with Crippen LogP contribution in [0.1, 0.15) is 44.0 Å². The largest absolute Gasteiger partial charge is 0.352 e. The normalized spacial score (nSPS) is 25.4. The molecule has 0 aliphatic carbocycles. The number of rotatable bonds is 4. The van der Waals surface area contributed by atoms with Crippen molar-refractivity contribution in [2.75, 3.05) is 13.1 Å². The van der Waals surface area contributed by atoms with Gasteiger partial charge in [0.1, 0.15) is 6.04 Å². The number of fused-ring (bicyclic) bond motifs is 1. The van der Waals surface area contributed by atoms with Crippen molar-refractivity contribution in [3.05, 3.63) is 30.1 Å². The monoisotopic (exact) mass is 358 g/mol. The summed E-state index contributed by atoms with van der Waals surface area (Å²) in [5.74, 6) is 0.0620. The predicted molar refractivity (Wildman–Crippen MR) is 96.2 cm³/mol. The number of amides is 3. The summed E-state index contributed by atoms with van der Waals surface area (Å²) in [5.41, 5.74) is 0.548. The van der Waals surface area contributed by atoms with Crippen LogP contribution in [0, 0.1) is 5.92 Å². The fourth-order valence-corrected chi connectivity index (χ4v) is 3.99. The topological polar surface area (TPSA) is 82.6 Å². The highest BCUT2D eigenvalue weighted by molar-refractivity contribution is 5.98. The van der Waals surface area contributed by atoms with Gasteiger partial charge in [-0.05, 0) is 30.9 Å². The van der Waals surface area contributed by atoms with E-state index < -0.39 is 6.04 Å². The third-order valence-corrected chi connectivity index (χ3v) is 5.06. The molecule has 26 heavy (non-hydrogen) atoms. The fraction of sp³-hybridized carbons (Fsp3) is 0.579. The number of nitrogens with one attached hydrogen (secondary N) is 1. The third kappa shape index (κ3) is 3.71. The van der Waals surface area contributed by atoms with Crippen molar-refractivity contribution in [2.45, 2.75) is 51.7 Å². The Balaban J connectivity index is 1.84.